The Hall–Kier alpha value is -2.89. The fourth-order valence-corrected chi connectivity index (χ4v) is 4.15. The lowest BCUT2D eigenvalue weighted by molar-refractivity contribution is -0.161. The zero-order valence-corrected chi connectivity index (χ0v) is 23.2. The molecule has 0 radical (unpaired) electrons. The van der Waals surface area contributed by atoms with Crippen molar-refractivity contribution in [2.45, 2.75) is 77.1 Å². The molecule has 5 unspecified atom stereocenters. The lowest BCUT2D eigenvalue weighted by Gasteiger charge is -2.33. The number of ether oxygens (including phenoxy) is 5. The van der Waals surface area contributed by atoms with Gasteiger partial charge in [-0.05, 0) is 40.7 Å². The number of phosphoric ester groups is 1. The van der Waals surface area contributed by atoms with Crippen molar-refractivity contribution >= 4 is 26.0 Å². The number of nitrogen functional groups attached to an aromatic ring is 1. The fraction of sp³-hybridized carbons (Fsp3) is 0.714. The number of hydrogen-bond donors (Lipinski definition) is 2. The van der Waals surface area contributed by atoms with Crippen LogP contribution in [0.2, 0.25) is 0 Å². The van der Waals surface area contributed by atoms with Crippen LogP contribution in [0.4, 0.5) is 24.2 Å². The number of hydrogen-bond acceptors (Lipinski definition) is 15. The number of aromatic nitrogens is 2. The second-order valence-electron chi connectivity index (χ2n) is 8.85. The van der Waals surface area contributed by atoms with Gasteiger partial charge in [0, 0.05) is 6.20 Å². The van der Waals surface area contributed by atoms with E-state index in [1.807, 2.05) is 0 Å². The quantitative estimate of drug-likeness (QED) is 0.188. The van der Waals surface area contributed by atoms with Gasteiger partial charge < -0.3 is 34.5 Å². The average molecular weight is 603 g/mol. The van der Waals surface area contributed by atoms with Crippen molar-refractivity contribution in [3.05, 3.63) is 22.7 Å². The maximum Gasteiger partial charge on any atom is 0.510 e. The lowest BCUT2D eigenvalue weighted by atomic mass is 9.92. The van der Waals surface area contributed by atoms with Gasteiger partial charge in [-0.25, -0.2) is 36.8 Å². The molecule has 0 saturated carbocycles. The van der Waals surface area contributed by atoms with Crippen molar-refractivity contribution in [1.29, 1.82) is 0 Å². The van der Waals surface area contributed by atoms with Crippen LogP contribution < -0.4 is 11.4 Å². The van der Waals surface area contributed by atoms with Crippen LogP contribution in [-0.4, -0.2) is 83.4 Å². The SMILES string of the molecule is CC(C)OC(=O)OCOP(=O)(OCOC(=O)OC(C)C)OCC1(C(C)F)OC(n2ccc(N)nc2=O)C(F)C1O. The van der Waals surface area contributed by atoms with Gasteiger partial charge >= 0.3 is 25.8 Å². The monoisotopic (exact) mass is 603 g/mol. The zero-order chi connectivity index (χ0) is 30.3. The minimum absolute atomic E-state index is 0.183. The van der Waals surface area contributed by atoms with Crippen LogP contribution in [0.1, 0.15) is 40.8 Å². The van der Waals surface area contributed by atoms with E-state index in [0.29, 0.717) is 4.57 Å². The molecule has 2 rings (SSSR count). The summed E-state index contributed by atoms with van der Waals surface area (Å²) in [6.45, 7) is 3.63. The first-order valence-corrected chi connectivity index (χ1v) is 13.3. The number of aliphatic hydroxyl groups excluding tert-OH is 1. The molecule has 1 aliphatic rings. The molecule has 0 aromatic carbocycles. The highest BCUT2D eigenvalue weighted by molar-refractivity contribution is 7.48. The molecule has 19 heteroatoms. The number of rotatable bonds is 13. The first-order chi connectivity index (χ1) is 18.6. The minimum Gasteiger partial charge on any atom is -0.432 e. The number of aliphatic hydroxyl groups is 1. The molecule has 1 fully saturated rings. The van der Waals surface area contributed by atoms with Gasteiger partial charge in [0.15, 0.2) is 18.0 Å². The molecule has 16 nitrogen and oxygen atoms in total. The summed E-state index contributed by atoms with van der Waals surface area (Å²) in [6.07, 6.45) is -11.3. The highest BCUT2D eigenvalue weighted by Crippen LogP contribution is 2.52. The van der Waals surface area contributed by atoms with E-state index in [9.17, 15) is 28.4 Å². The number of carbonyl (C=O) groups is 2. The van der Waals surface area contributed by atoms with Crippen molar-refractivity contribution in [2.75, 3.05) is 25.9 Å². The van der Waals surface area contributed by atoms with Crippen molar-refractivity contribution in [3.63, 3.8) is 0 Å². The highest BCUT2D eigenvalue weighted by atomic mass is 31.2. The molecule has 1 aliphatic heterocycles. The number of anilines is 1. The third-order valence-electron chi connectivity index (χ3n) is 5.10. The maximum absolute atomic E-state index is 15.1. The van der Waals surface area contributed by atoms with Gasteiger partial charge in [0.05, 0.1) is 18.8 Å². The van der Waals surface area contributed by atoms with Crippen LogP contribution in [-0.2, 0) is 41.8 Å². The molecule has 0 aliphatic carbocycles. The standard InChI is InChI=1S/C21H32F2N3O13P/c1-11(2)37-19(29)32-9-35-40(31,36-10-33-20(30)38-12(3)4)34-8-21(13(5)22)16(27)15(23)17(39-21)26-7-6-14(24)25-18(26)28/h6-7,11-13,15-17,27H,8-10H2,1-5H3,(H2,24,25,28). The number of halogens is 2. The number of nitrogens with two attached hydrogens (primary N) is 1. The Balaban J connectivity index is 2.22. The summed E-state index contributed by atoms with van der Waals surface area (Å²) in [5.74, 6) is -0.183. The van der Waals surface area contributed by atoms with Gasteiger partial charge in [0.1, 0.15) is 18.1 Å². The molecule has 2 heterocycles. The van der Waals surface area contributed by atoms with Gasteiger partial charge in [-0.15, -0.1) is 0 Å². The molecule has 228 valence electrons. The lowest BCUT2D eigenvalue weighted by Crippen LogP contribution is -2.52. The Kier molecular flexibility index (Phi) is 11.8. The largest absolute Gasteiger partial charge is 0.510 e. The molecular weight excluding hydrogens is 571 g/mol. The van der Waals surface area contributed by atoms with Gasteiger partial charge in [-0.2, -0.15) is 4.98 Å². The van der Waals surface area contributed by atoms with Crippen LogP contribution >= 0.6 is 7.82 Å². The van der Waals surface area contributed by atoms with E-state index in [0.717, 1.165) is 19.2 Å². The molecule has 5 atom stereocenters. The minimum atomic E-state index is -4.93. The van der Waals surface area contributed by atoms with Gasteiger partial charge in [0.2, 0.25) is 13.6 Å². The second-order valence-corrected chi connectivity index (χ2v) is 10.5. The highest BCUT2D eigenvalue weighted by Gasteiger charge is 2.60. The molecule has 0 bridgehead atoms. The van der Waals surface area contributed by atoms with E-state index in [1.165, 1.54) is 27.7 Å². The normalized spacial score (nSPS) is 23.7. The van der Waals surface area contributed by atoms with Gasteiger partial charge in [0.25, 0.3) is 0 Å². The number of nitrogens with zero attached hydrogens (tertiary/aromatic N) is 2. The van der Waals surface area contributed by atoms with Gasteiger partial charge in [-0.1, -0.05) is 0 Å². The third kappa shape index (κ3) is 8.81. The predicted molar refractivity (Wildman–Crippen MR) is 128 cm³/mol. The fourth-order valence-electron chi connectivity index (χ4n) is 3.20. The molecule has 0 amide bonds. The topological polar surface area (TPSA) is 206 Å². The number of carbonyl (C=O) groups excluding carboxylic acids is 2. The maximum atomic E-state index is 15.1. The zero-order valence-electron chi connectivity index (χ0n) is 22.3. The first-order valence-electron chi connectivity index (χ1n) is 11.8. The van der Waals surface area contributed by atoms with Crippen LogP contribution in [0.3, 0.4) is 0 Å². The first kappa shape index (κ1) is 33.3. The molecule has 3 N–H and O–H groups in total. The molecule has 40 heavy (non-hydrogen) atoms. The van der Waals surface area contributed by atoms with Crippen molar-refractivity contribution in [3.8, 4) is 0 Å². The van der Waals surface area contributed by atoms with E-state index < -0.39 is 88.5 Å². The molecule has 1 saturated heterocycles. The van der Waals surface area contributed by atoms with E-state index in [4.69, 9.17) is 33.5 Å². The van der Waals surface area contributed by atoms with Crippen molar-refractivity contribution < 1.29 is 65.3 Å². The number of alkyl halides is 2. The Morgan fingerprint density at radius 1 is 1.12 bits per heavy atom. The van der Waals surface area contributed by atoms with E-state index in [-0.39, 0.29) is 5.82 Å². The smallest absolute Gasteiger partial charge is 0.432 e. The van der Waals surface area contributed by atoms with Crippen LogP contribution in [0.15, 0.2) is 17.1 Å². The Morgan fingerprint density at radius 3 is 2.10 bits per heavy atom. The van der Waals surface area contributed by atoms with E-state index in [1.54, 1.807) is 0 Å². The van der Waals surface area contributed by atoms with Gasteiger partial charge in [-0.3, -0.25) is 9.09 Å². The Labute approximate surface area is 227 Å². The summed E-state index contributed by atoms with van der Waals surface area (Å²) in [5.41, 5.74) is 1.80. The van der Waals surface area contributed by atoms with E-state index >= 15 is 4.39 Å². The summed E-state index contributed by atoms with van der Waals surface area (Å²) >= 11 is 0. The molecule has 0 spiro atoms. The van der Waals surface area contributed by atoms with Crippen LogP contribution in [0.25, 0.3) is 0 Å². The summed E-state index contributed by atoms with van der Waals surface area (Å²) in [7, 11) is -4.93. The van der Waals surface area contributed by atoms with Crippen molar-refractivity contribution in [2.24, 2.45) is 0 Å². The van der Waals surface area contributed by atoms with Crippen LogP contribution in [0.5, 0.6) is 0 Å². The summed E-state index contributed by atoms with van der Waals surface area (Å²) < 4.78 is 82.7. The third-order valence-corrected chi connectivity index (χ3v) is 6.39. The molecule has 1 aromatic heterocycles. The summed E-state index contributed by atoms with van der Waals surface area (Å²) in [4.78, 5) is 38.8. The average Bonchev–Trinajstić information content (AvgIpc) is 3.08. The Bertz CT molecular complexity index is 1090. The van der Waals surface area contributed by atoms with Crippen LogP contribution in [0, 0.1) is 0 Å². The summed E-state index contributed by atoms with van der Waals surface area (Å²) in [6, 6.07) is 1.14. The van der Waals surface area contributed by atoms with Crippen molar-refractivity contribution in [1.82, 2.24) is 9.55 Å². The summed E-state index contributed by atoms with van der Waals surface area (Å²) in [5, 5.41) is 10.6. The number of phosphoric acid groups is 1. The molecule has 1 aromatic rings. The second kappa shape index (κ2) is 14.1. The Morgan fingerprint density at radius 2 is 1.65 bits per heavy atom. The molecular formula is C21H32F2N3O13P. The van der Waals surface area contributed by atoms with E-state index in [2.05, 4.69) is 14.5 Å². The predicted octanol–water partition coefficient (Wildman–Crippen LogP) is 2.35.